The topological polar surface area (TPSA) is 64.6 Å². The summed E-state index contributed by atoms with van der Waals surface area (Å²) in [7, 11) is 0. The van der Waals surface area contributed by atoms with Crippen molar-refractivity contribution in [3.05, 3.63) is 59.7 Å². The molecule has 1 N–H and O–H groups in total. The summed E-state index contributed by atoms with van der Waals surface area (Å²) in [5.41, 5.74) is 2.09. The molecule has 0 unspecified atom stereocenters. The van der Waals surface area contributed by atoms with E-state index in [1.54, 1.807) is 24.3 Å². The van der Waals surface area contributed by atoms with Gasteiger partial charge >= 0.3 is 5.97 Å². The molecule has 0 radical (unpaired) electrons. The molecule has 26 heavy (non-hydrogen) atoms. The summed E-state index contributed by atoms with van der Waals surface area (Å²) in [5.74, 6) is 0.346. The van der Waals surface area contributed by atoms with Crippen LogP contribution in [0.25, 0.3) is 0 Å². The Balaban J connectivity index is 1.77. The monoisotopic (exact) mass is 355 g/mol. The Morgan fingerprint density at radius 3 is 2.62 bits per heavy atom. The zero-order chi connectivity index (χ0) is 18.8. The standard InChI is InChI=1S/C21H25NO4/c1-3-13-26-21(24)17-9-6-10-18(15-17)22-20(23)12-7-14-25-19-11-5-4-8-16(19)2/h4-6,8-11,15H,3,7,12-14H2,1-2H3,(H,22,23). The third kappa shape index (κ3) is 6.24. The van der Waals surface area contributed by atoms with E-state index in [1.807, 2.05) is 38.1 Å². The Morgan fingerprint density at radius 1 is 1.04 bits per heavy atom. The van der Waals surface area contributed by atoms with Gasteiger partial charge in [0.2, 0.25) is 5.91 Å². The van der Waals surface area contributed by atoms with Gasteiger partial charge in [-0.1, -0.05) is 31.2 Å². The molecule has 0 aliphatic carbocycles. The molecule has 138 valence electrons. The minimum Gasteiger partial charge on any atom is -0.493 e. The normalized spacial score (nSPS) is 10.2. The van der Waals surface area contributed by atoms with Crippen LogP contribution in [0.2, 0.25) is 0 Å². The van der Waals surface area contributed by atoms with Crippen LogP contribution < -0.4 is 10.1 Å². The second-order valence-corrected chi connectivity index (χ2v) is 5.98. The maximum absolute atomic E-state index is 12.1. The van der Waals surface area contributed by atoms with Crippen molar-refractivity contribution < 1.29 is 19.1 Å². The van der Waals surface area contributed by atoms with E-state index in [4.69, 9.17) is 9.47 Å². The maximum Gasteiger partial charge on any atom is 0.338 e. The lowest BCUT2D eigenvalue weighted by Crippen LogP contribution is -2.13. The van der Waals surface area contributed by atoms with E-state index in [9.17, 15) is 9.59 Å². The number of rotatable bonds is 9. The van der Waals surface area contributed by atoms with Crippen molar-refractivity contribution in [2.45, 2.75) is 33.1 Å². The number of hydrogen-bond acceptors (Lipinski definition) is 4. The summed E-state index contributed by atoms with van der Waals surface area (Å²) in [6, 6.07) is 14.6. The number of esters is 1. The maximum atomic E-state index is 12.1. The van der Waals surface area contributed by atoms with Crippen LogP contribution in [0.1, 0.15) is 42.1 Å². The van der Waals surface area contributed by atoms with Crippen LogP contribution in [0.3, 0.4) is 0 Å². The number of aryl methyl sites for hydroxylation is 1. The molecular formula is C21H25NO4. The summed E-state index contributed by atoms with van der Waals surface area (Å²) in [4.78, 5) is 23.9. The molecule has 5 nitrogen and oxygen atoms in total. The van der Waals surface area contributed by atoms with Gasteiger partial charge in [0, 0.05) is 12.1 Å². The van der Waals surface area contributed by atoms with E-state index in [0.29, 0.717) is 37.3 Å². The zero-order valence-electron chi connectivity index (χ0n) is 15.3. The first-order chi connectivity index (χ1) is 12.6. The van der Waals surface area contributed by atoms with Crippen molar-refractivity contribution in [2.24, 2.45) is 0 Å². The van der Waals surface area contributed by atoms with Crippen molar-refractivity contribution in [1.82, 2.24) is 0 Å². The van der Waals surface area contributed by atoms with E-state index in [0.717, 1.165) is 17.7 Å². The number of hydrogen-bond donors (Lipinski definition) is 1. The Morgan fingerprint density at radius 2 is 1.85 bits per heavy atom. The smallest absolute Gasteiger partial charge is 0.338 e. The number of nitrogens with one attached hydrogen (secondary N) is 1. The van der Waals surface area contributed by atoms with Crippen molar-refractivity contribution in [2.75, 3.05) is 18.5 Å². The van der Waals surface area contributed by atoms with Crippen LogP contribution in [-0.2, 0) is 9.53 Å². The van der Waals surface area contributed by atoms with Crippen molar-refractivity contribution >= 4 is 17.6 Å². The highest BCUT2D eigenvalue weighted by Crippen LogP contribution is 2.17. The van der Waals surface area contributed by atoms with Crippen molar-refractivity contribution in [1.29, 1.82) is 0 Å². The average molecular weight is 355 g/mol. The lowest BCUT2D eigenvalue weighted by atomic mass is 10.2. The van der Waals surface area contributed by atoms with Gasteiger partial charge in [-0.2, -0.15) is 0 Å². The molecular weight excluding hydrogens is 330 g/mol. The molecule has 0 bridgehead atoms. The summed E-state index contributed by atoms with van der Waals surface area (Å²) in [5, 5.41) is 2.80. The lowest BCUT2D eigenvalue weighted by molar-refractivity contribution is -0.116. The second-order valence-electron chi connectivity index (χ2n) is 5.98. The Bertz CT molecular complexity index is 742. The summed E-state index contributed by atoms with van der Waals surface area (Å²) in [6.07, 6.45) is 1.72. The fraction of sp³-hybridized carbons (Fsp3) is 0.333. The first kappa shape index (κ1) is 19.5. The quantitative estimate of drug-likeness (QED) is 0.536. The van der Waals surface area contributed by atoms with Gasteiger partial charge in [-0.15, -0.1) is 0 Å². The van der Waals surface area contributed by atoms with E-state index in [-0.39, 0.29) is 11.9 Å². The number of carbonyl (C=O) groups excluding carboxylic acids is 2. The number of benzene rings is 2. The zero-order valence-corrected chi connectivity index (χ0v) is 15.3. The fourth-order valence-electron chi connectivity index (χ4n) is 2.36. The highest BCUT2D eigenvalue weighted by molar-refractivity contribution is 5.94. The first-order valence-corrected chi connectivity index (χ1v) is 8.85. The highest BCUT2D eigenvalue weighted by atomic mass is 16.5. The molecule has 0 heterocycles. The van der Waals surface area contributed by atoms with E-state index in [1.165, 1.54) is 0 Å². The molecule has 0 aliphatic heterocycles. The number of amides is 1. The van der Waals surface area contributed by atoms with Gasteiger partial charge in [0.05, 0.1) is 18.8 Å². The molecule has 0 saturated carbocycles. The minimum atomic E-state index is -0.380. The predicted octanol–water partition coefficient (Wildman–Crippen LogP) is 4.36. The molecule has 2 rings (SSSR count). The molecule has 0 atom stereocenters. The molecule has 0 spiro atoms. The fourth-order valence-corrected chi connectivity index (χ4v) is 2.36. The minimum absolute atomic E-state index is 0.113. The number of anilines is 1. The molecule has 0 aliphatic rings. The number of ether oxygens (including phenoxy) is 2. The van der Waals surface area contributed by atoms with Gasteiger partial charge < -0.3 is 14.8 Å². The van der Waals surface area contributed by atoms with Gasteiger partial charge in [0.1, 0.15) is 5.75 Å². The Kier molecular flexibility index (Phi) is 7.68. The molecule has 1 amide bonds. The Hall–Kier alpha value is -2.82. The van der Waals surface area contributed by atoms with Crippen molar-refractivity contribution in [3.8, 4) is 5.75 Å². The van der Waals surface area contributed by atoms with Crippen LogP contribution in [0.15, 0.2) is 48.5 Å². The first-order valence-electron chi connectivity index (χ1n) is 8.85. The summed E-state index contributed by atoms with van der Waals surface area (Å²) < 4.78 is 10.8. The molecule has 5 heteroatoms. The third-order valence-electron chi connectivity index (χ3n) is 3.72. The van der Waals surface area contributed by atoms with E-state index < -0.39 is 0 Å². The molecule has 0 fully saturated rings. The predicted molar refractivity (Wildman–Crippen MR) is 102 cm³/mol. The van der Waals surface area contributed by atoms with Gasteiger partial charge in [0.15, 0.2) is 0 Å². The van der Waals surface area contributed by atoms with Gasteiger partial charge in [-0.05, 0) is 49.6 Å². The van der Waals surface area contributed by atoms with Gasteiger partial charge in [-0.3, -0.25) is 4.79 Å². The molecule has 2 aromatic rings. The van der Waals surface area contributed by atoms with Gasteiger partial charge in [-0.25, -0.2) is 4.79 Å². The van der Waals surface area contributed by atoms with Crippen LogP contribution >= 0.6 is 0 Å². The van der Waals surface area contributed by atoms with Crippen LogP contribution in [0.5, 0.6) is 5.75 Å². The molecule has 0 aromatic heterocycles. The molecule has 2 aromatic carbocycles. The Labute approximate surface area is 154 Å². The summed E-state index contributed by atoms with van der Waals surface area (Å²) >= 11 is 0. The molecule has 0 saturated heterocycles. The van der Waals surface area contributed by atoms with Gasteiger partial charge in [0.25, 0.3) is 0 Å². The van der Waals surface area contributed by atoms with Crippen LogP contribution in [0.4, 0.5) is 5.69 Å². The van der Waals surface area contributed by atoms with E-state index in [2.05, 4.69) is 5.32 Å². The van der Waals surface area contributed by atoms with Crippen LogP contribution in [0, 0.1) is 6.92 Å². The largest absolute Gasteiger partial charge is 0.493 e. The average Bonchev–Trinajstić information content (AvgIpc) is 2.64. The summed E-state index contributed by atoms with van der Waals surface area (Å²) in [6.45, 7) is 4.78. The SMILES string of the molecule is CCCOC(=O)c1cccc(NC(=O)CCCOc2ccccc2C)c1. The highest BCUT2D eigenvalue weighted by Gasteiger charge is 2.09. The van der Waals surface area contributed by atoms with E-state index >= 15 is 0 Å². The number of carbonyl (C=O) groups is 2. The number of para-hydroxylation sites is 1. The third-order valence-corrected chi connectivity index (χ3v) is 3.72. The van der Waals surface area contributed by atoms with Crippen LogP contribution in [-0.4, -0.2) is 25.1 Å². The van der Waals surface area contributed by atoms with Crippen molar-refractivity contribution in [3.63, 3.8) is 0 Å². The second kappa shape index (κ2) is 10.2. The lowest BCUT2D eigenvalue weighted by Gasteiger charge is -2.09.